The molecule has 0 aliphatic heterocycles. The number of anilines is 3. The summed E-state index contributed by atoms with van der Waals surface area (Å²) in [7, 11) is 0. The Bertz CT molecular complexity index is 2580. The van der Waals surface area contributed by atoms with Crippen LogP contribution in [0.15, 0.2) is 205 Å². The maximum atomic E-state index is 6.29. The van der Waals surface area contributed by atoms with Crippen molar-refractivity contribution in [3.8, 4) is 44.5 Å². The number of rotatable bonds is 7. The first-order valence-corrected chi connectivity index (χ1v) is 17.0. The van der Waals surface area contributed by atoms with E-state index < -0.39 is 0 Å². The van der Waals surface area contributed by atoms with E-state index in [0.29, 0.717) is 0 Å². The maximum absolute atomic E-state index is 6.29. The normalized spacial score (nSPS) is 11.2. The zero-order valence-electron chi connectivity index (χ0n) is 27.4. The fourth-order valence-corrected chi connectivity index (χ4v) is 7.25. The van der Waals surface area contributed by atoms with Crippen LogP contribution in [0.5, 0.6) is 0 Å². The van der Waals surface area contributed by atoms with Crippen molar-refractivity contribution in [1.82, 2.24) is 0 Å². The molecule has 1 aromatic heterocycles. The first-order chi connectivity index (χ1) is 24.8. The Kier molecular flexibility index (Phi) is 7.53. The molecule has 0 atom stereocenters. The van der Waals surface area contributed by atoms with Crippen LogP contribution < -0.4 is 4.90 Å². The molecule has 0 radical (unpaired) electrons. The first kappa shape index (κ1) is 29.5. The molecule has 8 aromatic carbocycles. The summed E-state index contributed by atoms with van der Waals surface area (Å²) in [5.74, 6) is 0. The molecule has 0 saturated heterocycles. The molecule has 0 fully saturated rings. The Morgan fingerprint density at radius 2 is 0.740 bits per heavy atom. The van der Waals surface area contributed by atoms with Crippen LogP contribution in [0.4, 0.5) is 17.1 Å². The summed E-state index contributed by atoms with van der Waals surface area (Å²) < 4.78 is 6.29. The predicted octanol–water partition coefficient (Wildman–Crippen LogP) is 13.7. The molecule has 0 N–H and O–H groups in total. The van der Waals surface area contributed by atoms with Crippen LogP contribution >= 0.6 is 0 Å². The van der Waals surface area contributed by atoms with Gasteiger partial charge in [-0.15, -0.1) is 0 Å². The average Bonchev–Trinajstić information content (AvgIpc) is 3.59. The van der Waals surface area contributed by atoms with Gasteiger partial charge in [-0.1, -0.05) is 158 Å². The monoisotopic (exact) mass is 639 g/mol. The van der Waals surface area contributed by atoms with Gasteiger partial charge in [0.2, 0.25) is 0 Å². The number of furan rings is 1. The van der Waals surface area contributed by atoms with Gasteiger partial charge in [-0.2, -0.15) is 0 Å². The zero-order chi connectivity index (χ0) is 33.3. The Morgan fingerprint density at radius 3 is 1.36 bits per heavy atom. The molecule has 0 bridgehead atoms. The molecule has 0 saturated carbocycles. The van der Waals surface area contributed by atoms with Crippen LogP contribution in [0.1, 0.15) is 0 Å². The van der Waals surface area contributed by atoms with Crippen LogP contribution in [0.2, 0.25) is 0 Å². The summed E-state index contributed by atoms with van der Waals surface area (Å²) in [4.78, 5) is 2.33. The van der Waals surface area contributed by atoms with Crippen LogP contribution in [0.3, 0.4) is 0 Å². The molecule has 0 spiro atoms. The third-order valence-corrected chi connectivity index (χ3v) is 9.52. The van der Waals surface area contributed by atoms with Gasteiger partial charge in [0.1, 0.15) is 11.2 Å². The summed E-state index contributed by atoms with van der Waals surface area (Å²) >= 11 is 0. The smallest absolute Gasteiger partial charge is 0.137 e. The van der Waals surface area contributed by atoms with Gasteiger partial charge >= 0.3 is 0 Å². The van der Waals surface area contributed by atoms with Crippen molar-refractivity contribution in [2.45, 2.75) is 0 Å². The predicted molar refractivity (Wildman–Crippen MR) is 210 cm³/mol. The van der Waals surface area contributed by atoms with E-state index in [0.717, 1.165) is 44.6 Å². The Hall–Kier alpha value is -6.64. The molecule has 50 heavy (non-hydrogen) atoms. The third kappa shape index (κ3) is 5.24. The summed E-state index contributed by atoms with van der Waals surface area (Å²) in [5, 5.41) is 2.21. The summed E-state index contributed by atoms with van der Waals surface area (Å²) in [6.45, 7) is 0. The van der Waals surface area contributed by atoms with Crippen molar-refractivity contribution in [1.29, 1.82) is 0 Å². The van der Waals surface area contributed by atoms with Crippen LogP contribution in [0.25, 0.3) is 66.4 Å². The maximum Gasteiger partial charge on any atom is 0.137 e. The van der Waals surface area contributed by atoms with Crippen molar-refractivity contribution in [2.24, 2.45) is 0 Å². The molecular formula is C48H33NO. The van der Waals surface area contributed by atoms with E-state index in [1.165, 1.54) is 38.9 Å². The van der Waals surface area contributed by atoms with Gasteiger partial charge in [0, 0.05) is 16.8 Å². The molecule has 0 aliphatic rings. The van der Waals surface area contributed by atoms with Crippen molar-refractivity contribution in [3.63, 3.8) is 0 Å². The van der Waals surface area contributed by atoms with E-state index in [9.17, 15) is 0 Å². The second-order valence-electron chi connectivity index (χ2n) is 12.5. The van der Waals surface area contributed by atoms with E-state index in [-0.39, 0.29) is 0 Å². The van der Waals surface area contributed by atoms with E-state index >= 15 is 0 Å². The molecule has 9 aromatic rings. The summed E-state index contributed by atoms with van der Waals surface area (Å²) in [5.41, 5.74) is 14.7. The summed E-state index contributed by atoms with van der Waals surface area (Å²) in [6, 6.07) is 71.0. The van der Waals surface area contributed by atoms with Crippen molar-refractivity contribution in [2.75, 3.05) is 4.90 Å². The molecule has 0 unspecified atom stereocenters. The van der Waals surface area contributed by atoms with Gasteiger partial charge < -0.3 is 9.32 Å². The van der Waals surface area contributed by atoms with Gasteiger partial charge in [-0.05, 0) is 87.0 Å². The standard InChI is InChI=1S/C48H33NO/c1-3-16-34(17-4-1)38-20-7-9-22-40(38)42-24-11-12-25-43(42)41-23-10-8-21-39(41)35-30-32-37(33-31-35)49(36-18-5-2-6-19-36)45-27-15-29-47-48(45)44-26-13-14-28-46(44)50-47/h1-33H. The van der Waals surface area contributed by atoms with Crippen molar-refractivity contribution < 1.29 is 4.42 Å². The van der Waals surface area contributed by atoms with Crippen LogP contribution in [-0.4, -0.2) is 0 Å². The highest BCUT2D eigenvalue weighted by Crippen LogP contribution is 2.45. The lowest BCUT2D eigenvalue weighted by molar-refractivity contribution is 0.669. The van der Waals surface area contributed by atoms with Crippen LogP contribution in [-0.2, 0) is 0 Å². The third-order valence-electron chi connectivity index (χ3n) is 9.52. The molecule has 2 heteroatoms. The lowest BCUT2D eigenvalue weighted by Crippen LogP contribution is -2.10. The van der Waals surface area contributed by atoms with Crippen LogP contribution in [0, 0.1) is 0 Å². The second-order valence-corrected chi connectivity index (χ2v) is 12.5. The molecular weight excluding hydrogens is 607 g/mol. The minimum absolute atomic E-state index is 0.877. The number of fused-ring (bicyclic) bond motifs is 3. The molecule has 9 rings (SSSR count). The number of nitrogens with zero attached hydrogens (tertiary/aromatic N) is 1. The highest BCUT2D eigenvalue weighted by molar-refractivity contribution is 6.13. The Labute approximate surface area is 292 Å². The molecule has 236 valence electrons. The second kappa shape index (κ2) is 12.8. The highest BCUT2D eigenvalue weighted by Gasteiger charge is 2.20. The minimum atomic E-state index is 0.877. The van der Waals surface area contributed by atoms with E-state index in [1.807, 2.05) is 12.1 Å². The number of benzene rings is 8. The molecule has 0 aliphatic carbocycles. The molecule has 2 nitrogen and oxygen atoms in total. The van der Waals surface area contributed by atoms with Gasteiger partial charge in [-0.3, -0.25) is 0 Å². The Balaban J connectivity index is 1.16. The molecule has 0 amide bonds. The van der Waals surface area contributed by atoms with E-state index in [4.69, 9.17) is 4.42 Å². The fraction of sp³-hybridized carbons (Fsp3) is 0. The summed E-state index contributed by atoms with van der Waals surface area (Å²) in [6.07, 6.45) is 0. The van der Waals surface area contributed by atoms with Crippen molar-refractivity contribution in [3.05, 3.63) is 200 Å². The largest absolute Gasteiger partial charge is 0.456 e. The lowest BCUT2D eigenvalue weighted by Gasteiger charge is -2.26. The quantitative estimate of drug-likeness (QED) is 0.173. The lowest BCUT2D eigenvalue weighted by atomic mass is 9.87. The van der Waals surface area contributed by atoms with Gasteiger partial charge in [-0.25, -0.2) is 0 Å². The number of hydrogen-bond acceptors (Lipinski definition) is 2. The number of para-hydroxylation sites is 2. The minimum Gasteiger partial charge on any atom is -0.456 e. The molecule has 1 heterocycles. The average molecular weight is 640 g/mol. The van der Waals surface area contributed by atoms with Gasteiger partial charge in [0.05, 0.1) is 11.1 Å². The topological polar surface area (TPSA) is 16.4 Å². The first-order valence-electron chi connectivity index (χ1n) is 17.0. The zero-order valence-corrected chi connectivity index (χ0v) is 27.4. The van der Waals surface area contributed by atoms with E-state index in [1.54, 1.807) is 0 Å². The van der Waals surface area contributed by atoms with Gasteiger partial charge in [0.25, 0.3) is 0 Å². The number of hydrogen-bond donors (Lipinski definition) is 0. The fourth-order valence-electron chi connectivity index (χ4n) is 7.25. The van der Waals surface area contributed by atoms with Crippen molar-refractivity contribution >= 4 is 39.0 Å². The highest BCUT2D eigenvalue weighted by atomic mass is 16.3. The SMILES string of the molecule is c1ccc(-c2ccccc2-c2ccccc2-c2ccccc2-c2ccc(N(c3ccccc3)c3cccc4oc5ccccc5c34)cc2)cc1. The Morgan fingerprint density at radius 1 is 0.300 bits per heavy atom. The van der Waals surface area contributed by atoms with Gasteiger partial charge in [0.15, 0.2) is 0 Å². The van der Waals surface area contributed by atoms with E-state index in [2.05, 4.69) is 193 Å².